The van der Waals surface area contributed by atoms with Crippen molar-refractivity contribution in [2.45, 2.75) is 13.8 Å². The fraction of sp³-hybridized carbons (Fsp3) is 0.176. The molecule has 0 N–H and O–H groups in total. The molecule has 1 aromatic carbocycles. The van der Waals surface area contributed by atoms with Gasteiger partial charge in [0, 0.05) is 22.7 Å². The van der Waals surface area contributed by atoms with Crippen LogP contribution in [-0.4, -0.2) is 22.6 Å². The van der Waals surface area contributed by atoms with Crippen molar-refractivity contribution in [3.63, 3.8) is 0 Å². The van der Waals surface area contributed by atoms with E-state index in [2.05, 4.69) is 15.9 Å². The minimum absolute atomic E-state index is 0.239. The Kier molecular flexibility index (Phi) is 4.46. The molecule has 2 amide bonds. The Morgan fingerprint density at radius 1 is 1.26 bits per heavy atom. The minimum atomic E-state index is -0.267. The van der Waals surface area contributed by atoms with Gasteiger partial charge in [0.25, 0.3) is 11.1 Å². The molecular weight excluding hydrogens is 378 g/mol. The van der Waals surface area contributed by atoms with E-state index < -0.39 is 0 Å². The maximum Gasteiger partial charge on any atom is 0.293 e. The molecule has 0 spiro atoms. The molecule has 118 valence electrons. The lowest BCUT2D eigenvalue weighted by atomic mass is 10.1. The van der Waals surface area contributed by atoms with Gasteiger partial charge < -0.3 is 4.42 Å². The van der Waals surface area contributed by atoms with Crippen LogP contribution < -0.4 is 0 Å². The molecule has 2 heterocycles. The van der Waals surface area contributed by atoms with Crippen LogP contribution in [0.3, 0.4) is 0 Å². The van der Waals surface area contributed by atoms with E-state index >= 15 is 0 Å². The van der Waals surface area contributed by atoms with E-state index in [1.165, 1.54) is 4.90 Å². The number of benzene rings is 1. The number of aryl methyl sites for hydroxylation is 1. The molecule has 4 nitrogen and oxygen atoms in total. The van der Waals surface area contributed by atoms with E-state index in [-0.39, 0.29) is 11.1 Å². The third kappa shape index (κ3) is 3.14. The van der Waals surface area contributed by atoms with Crippen molar-refractivity contribution in [3.05, 3.63) is 51.0 Å². The fourth-order valence-electron chi connectivity index (χ4n) is 2.30. The lowest BCUT2D eigenvalue weighted by Gasteiger charge is -2.06. The van der Waals surface area contributed by atoms with E-state index in [4.69, 9.17) is 4.42 Å². The average Bonchev–Trinajstić information content (AvgIpc) is 3.05. The number of carbonyl (C=O) groups is 2. The zero-order valence-electron chi connectivity index (χ0n) is 12.6. The summed E-state index contributed by atoms with van der Waals surface area (Å²) in [5.41, 5.74) is 2.09. The van der Waals surface area contributed by atoms with Gasteiger partial charge in [-0.15, -0.1) is 0 Å². The van der Waals surface area contributed by atoms with Crippen molar-refractivity contribution in [1.29, 1.82) is 0 Å². The smallest absolute Gasteiger partial charge is 0.293 e. The van der Waals surface area contributed by atoms with Crippen LogP contribution in [-0.2, 0) is 4.79 Å². The number of likely N-dealkylation sites (N-methyl/N-ethyl adjacent to an activating group) is 1. The monoisotopic (exact) mass is 391 g/mol. The van der Waals surface area contributed by atoms with Gasteiger partial charge in [-0.3, -0.25) is 14.5 Å². The molecule has 0 saturated carbocycles. The van der Waals surface area contributed by atoms with E-state index in [1.807, 2.05) is 31.2 Å². The highest BCUT2D eigenvalue weighted by atomic mass is 79.9. The van der Waals surface area contributed by atoms with Crippen molar-refractivity contribution in [1.82, 2.24) is 4.90 Å². The summed E-state index contributed by atoms with van der Waals surface area (Å²) in [6.45, 7) is 4.17. The second kappa shape index (κ2) is 6.37. The Labute approximate surface area is 146 Å². The number of halogens is 1. The van der Waals surface area contributed by atoms with Crippen LogP contribution in [0.5, 0.6) is 0 Å². The highest BCUT2D eigenvalue weighted by Crippen LogP contribution is 2.34. The summed E-state index contributed by atoms with van der Waals surface area (Å²) in [7, 11) is 0. The summed E-state index contributed by atoms with van der Waals surface area (Å²) in [6.07, 6.45) is 1.62. The Balaban J connectivity index is 1.90. The van der Waals surface area contributed by atoms with Crippen molar-refractivity contribution >= 4 is 44.9 Å². The van der Waals surface area contributed by atoms with Gasteiger partial charge in [0.15, 0.2) is 0 Å². The second-order valence-electron chi connectivity index (χ2n) is 5.11. The molecule has 6 heteroatoms. The molecule has 3 rings (SSSR count). The molecule has 0 radical (unpaired) electrons. The zero-order valence-corrected chi connectivity index (χ0v) is 15.0. The van der Waals surface area contributed by atoms with Crippen LogP contribution >= 0.6 is 27.7 Å². The molecule has 1 aliphatic rings. The summed E-state index contributed by atoms with van der Waals surface area (Å²) in [6, 6.07) is 9.65. The number of rotatable bonds is 3. The maximum atomic E-state index is 12.1. The topological polar surface area (TPSA) is 50.5 Å². The molecule has 1 fully saturated rings. The summed E-state index contributed by atoms with van der Waals surface area (Å²) in [5, 5.41) is -0.239. The van der Waals surface area contributed by atoms with Gasteiger partial charge in [-0.25, -0.2) is 0 Å². The first-order valence-electron chi connectivity index (χ1n) is 7.11. The number of imide groups is 1. The molecule has 0 unspecified atom stereocenters. The van der Waals surface area contributed by atoms with Crippen molar-refractivity contribution in [3.8, 4) is 11.3 Å². The van der Waals surface area contributed by atoms with Crippen LogP contribution in [0.25, 0.3) is 17.4 Å². The number of thioether (sulfide) groups is 1. The van der Waals surface area contributed by atoms with Gasteiger partial charge >= 0.3 is 0 Å². The summed E-state index contributed by atoms with van der Waals surface area (Å²) in [4.78, 5) is 25.4. The van der Waals surface area contributed by atoms with Gasteiger partial charge in [0.2, 0.25) is 0 Å². The van der Waals surface area contributed by atoms with Crippen molar-refractivity contribution in [2.75, 3.05) is 6.54 Å². The SMILES string of the molecule is CCN1C(=O)S/C(=C\c2ccc(-c3ccc(C)cc3Br)o2)C1=O. The minimum Gasteiger partial charge on any atom is -0.457 e. The molecule has 0 aliphatic carbocycles. The van der Waals surface area contributed by atoms with Crippen LogP contribution in [0.4, 0.5) is 4.79 Å². The Bertz CT molecular complexity index is 825. The van der Waals surface area contributed by atoms with Gasteiger partial charge in [0.1, 0.15) is 11.5 Å². The van der Waals surface area contributed by atoms with Crippen LogP contribution in [0.2, 0.25) is 0 Å². The van der Waals surface area contributed by atoms with Gasteiger partial charge in [-0.05, 0) is 55.4 Å². The van der Waals surface area contributed by atoms with Crippen LogP contribution in [0, 0.1) is 6.92 Å². The maximum absolute atomic E-state index is 12.1. The van der Waals surface area contributed by atoms with Crippen LogP contribution in [0.1, 0.15) is 18.2 Å². The normalized spacial score (nSPS) is 16.7. The van der Waals surface area contributed by atoms with Crippen LogP contribution in [0.15, 0.2) is 44.1 Å². The summed E-state index contributed by atoms with van der Waals surface area (Å²) in [5.74, 6) is 0.990. The Morgan fingerprint density at radius 2 is 2.04 bits per heavy atom. The van der Waals surface area contributed by atoms with E-state index in [1.54, 1.807) is 19.1 Å². The zero-order chi connectivity index (χ0) is 16.6. The van der Waals surface area contributed by atoms with E-state index in [0.717, 1.165) is 27.4 Å². The predicted molar refractivity (Wildman–Crippen MR) is 94.9 cm³/mol. The molecular formula is C17H14BrNO3S. The second-order valence-corrected chi connectivity index (χ2v) is 6.96. The number of carbonyl (C=O) groups excluding carboxylic acids is 2. The number of amides is 2. The molecule has 1 aromatic heterocycles. The molecule has 23 heavy (non-hydrogen) atoms. The van der Waals surface area contributed by atoms with E-state index in [9.17, 15) is 9.59 Å². The molecule has 0 bridgehead atoms. The number of hydrogen-bond acceptors (Lipinski definition) is 4. The first-order chi connectivity index (χ1) is 11.0. The number of hydrogen-bond donors (Lipinski definition) is 0. The lowest BCUT2D eigenvalue weighted by molar-refractivity contribution is -0.122. The fourth-order valence-corrected chi connectivity index (χ4v) is 3.87. The van der Waals surface area contributed by atoms with Crippen molar-refractivity contribution < 1.29 is 14.0 Å². The summed E-state index contributed by atoms with van der Waals surface area (Å²) < 4.78 is 6.75. The van der Waals surface area contributed by atoms with Gasteiger partial charge in [-0.2, -0.15) is 0 Å². The Hall–Kier alpha value is -1.79. The standard InChI is InChI=1S/C17H14BrNO3S/c1-3-19-16(20)15(23-17(19)21)9-11-5-7-14(22-11)12-6-4-10(2)8-13(12)18/h4-9H,3H2,1-2H3/b15-9-. The Morgan fingerprint density at radius 3 is 2.70 bits per heavy atom. The predicted octanol–water partition coefficient (Wildman–Crippen LogP) is 5.07. The van der Waals surface area contributed by atoms with Crippen molar-refractivity contribution in [2.24, 2.45) is 0 Å². The molecule has 1 saturated heterocycles. The highest BCUT2D eigenvalue weighted by Gasteiger charge is 2.33. The number of furan rings is 1. The van der Waals surface area contributed by atoms with E-state index in [0.29, 0.717) is 23.0 Å². The third-order valence-electron chi connectivity index (χ3n) is 3.48. The lowest BCUT2D eigenvalue weighted by Crippen LogP contribution is -2.27. The molecule has 2 aromatic rings. The summed E-state index contributed by atoms with van der Waals surface area (Å²) >= 11 is 4.47. The number of nitrogens with zero attached hydrogens (tertiary/aromatic N) is 1. The molecule has 0 atom stereocenters. The largest absolute Gasteiger partial charge is 0.457 e. The third-order valence-corrected chi connectivity index (χ3v) is 5.04. The first kappa shape index (κ1) is 16.1. The average molecular weight is 392 g/mol. The quantitative estimate of drug-likeness (QED) is 0.684. The van der Waals surface area contributed by atoms with Gasteiger partial charge in [0.05, 0.1) is 4.91 Å². The highest BCUT2D eigenvalue weighted by molar-refractivity contribution is 9.10. The first-order valence-corrected chi connectivity index (χ1v) is 8.72. The van der Waals surface area contributed by atoms with Gasteiger partial charge in [-0.1, -0.05) is 22.0 Å². The molecule has 1 aliphatic heterocycles.